The second-order valence-electron chi connectivity index (χ2n) is 1.98. The molecule has 56 valence electrons. The van der Waals surface area contributed by atoms with Gasteiger partial charge >= 0.3 is 18.9 Å². The van der Waals surface area contributed by atoms with Gasteiger partial charge in [0.25, 0.3) is 0 Å². The Labute approximate surface area is 81.8 Å². The molecule has 0 fully saturated rings. The van der Waals surface area contributed by atoms with Gasteiger partial charge in [-0.15, -0.1) is 0 Å². The third-order valence-electron chi connectivity index (χ3n) is 1.16. The van der Waals surface area contributed by atoms with Gasteiger partial charge in [0.1, 0.15) is 5.75 Å². The zero-order chi connectivity index (χ0) is 7.40. The molecule has 0 N–H and O–H groups in total. The first-order valence-electron chi connectivity index (χ1n) is 2.89. The number of thiol groups is 1. The molecule has 0 spiro atoms. The monoisotopic (exact) mass is 164 g/mol. The summed E-state index contributed by atoms with van der Waals surface area (Å²) in [4.78, 5) is 0. The van der Waals surface area contributed by atoms with Crippen LogP contribution in [0.25, 0.3) is 0 Å². The molecule has 0 atom stereocenters. The van der Waals surface area contributed by atoms with E-state index in [2.05, 4.69) is 4.18 Å². The van der Waals surface area contributed by atoms with Crippen molar-refractivity contribution in [2.75, 3.05) is 0 Å². The normalized spacial score (nSPS) is 8.45. The van der Waals surface area contributed by atoms with Crippen molar-refractivity contribution in [3.63, 3.8) is 0 Å². The first-order valence-corrected chi connectivity index (χ1v) is 3.62. The number of hydrogen-bond donors (Lipinski definition) is 1. The fourth-order valence-corrected chi connectivity index (χ4v) is 0.850. The Morgan fingerprint density at radius 3 is 2.27 bits per heavy atom. The van der Waals surface area contributed by atoms with Crippen molar-refractivity contribution in [1.29, 1.82) is 0 Å². The SMILES string of the molecule is Cc1ccc(O[SH]=O)cc1.[LiH]. The van der Waals surface area contributed by atoms with E-state index in [0.29, 0.717) is 5.75 Å². The van der Waals surface area contributed by atoms with E-state index in [0.717, 1.165) is 5.56 Å². The molecule has 0 amide bonds. The van der Waals surface area contributed by atoms with Crippen molar-refractivity contribution in [2.45, 2.75) is 6.92 Å². The van der Waals surface area contributed by atoms with Crippen LogP contribution < -0.4 is 4.18 Å². The zero-order valence-electron chi connectivity index (χ0n) is 5.57. The standard InChI is InChI=1S/C7H8O2S.Li.H/c1-6-2-4-7(5-3-6)9-10-8;;/h2-5,10H,1H3;;. The van der Waals surface area contributed by atoms with Gasteiger partial charge in [-0.3, -0.25) is 0 Å². The molecule has 0 bridgehead atoms. The van der Waals surface area contributed by atoms with Crippen LogP contribution in [0.4, 0.5) is 0 Å². The van der Waals surface area contributed by atoms with Crippen LogP contribution >= 0.6 is 0 Å². The molecule has 0 aliphatic carbocycles. The third-order valence-corrected chi connectivity index (χ3v) is 1.45. The molecular formula is C7H9LiO2S. The zero-order valence-corrected chi connectivity index (χ0v) is 6.47. The predicted octanol–water partition coefficient (Wildman–Crippen LogP) is 0.586. The number of hydrogen-bond acceptors (Lipinski definition) is 2. The van der Waals surface area contributed by atoms with Gasteiger partial charge in [-0.1, -0.05) is 17.7 Å². The van der Waals surface area contributed by atoms with Crippen molar-refractivity contribution >= 4 is 30.8 Å². The van der Waals surface area contributed by atoms with Crippen molar-refractivity contribution in [3.05, 3.63) is 29.8 Å². The Bertz CT molecular complexity index is 222. The molecule has 0 radical (unpaired) electrons. The van der Waals surface area contributed by atoms with Gasteiger partial charge in [0, 0.05) is 0 Å². The van der Waals surface area contributed by atoms with E-state index in [9.17, 15) is 4.21 Å². The summed E-state index contributed by atoms with van der Waals surface area (Å²) in [6.45, 7) is 1.98. The molecule has 0 heterocycles. The molecule has 4 heteroatoms. The molecule has 0 aliphatic rings. The molecule has 0 aromatic heterocycles. The van der Waals surface area contributed by atoms with E-state index >= 15 is 0 Å². The van der Waals surface area contributed by atoms with E-state index < -0.39 is 0 Å². The first-order chi connectivity index (χ1) is 4.83. The van der Waals surface area contributed by atoms with Crippen molar-refractivity contribution in [3.8, 4) is 5.75 Å². The van der Waals surface area contributed by atoms with Gasteiger partial charge < -0.3 is 4.18 Å². The molecule has 0 unspecified atom stereocenters. The van der Waals surface area contributed by atoms with Crippen molar-refractivity contribution in [2.24, 2.45) is 0 Å². The summed E-state index contributed by atoms with van der Waals surface area (Å²) in [6.07, 6.45) is 0. The molecule has 1 aromatic carbocycles. The molecular weight excluding hydrogens is 155 g/mol. The summed E-state index contributed by atoms with van der Waals surface area (Å²) in [5.74, 6) is 0.627. The van der Waals surface area contributed by atoms with E-state index in [1.807, 2.05) is 19.1 Å². The molecule has 0 saturated carbocycles. The van der Waals surface area contributed by atoms with Crippen LogP contribution in [0.15, 0.2) is 24.3 Å². The van der Waals surface area contributed by atoms with Gasteiger partial charge in [-0.25, -0.2) is 4.21 Å². The Morgan fingerprint density at radius 1 is 1.27 bits per heavy atom. The maximum absolute atomic E-state index is 9.93. The molecule has 11 heavy (non-hydrogen) atoms. The van der Waals surface area contributed by atoms with E-state index in [1.165, 1.54) is 0 Å². The Kier molecular flexibility index (Phi) is 5.31. The van der Waals surface area contributed by atoms with Crippen LogP contribution in [0, 0.1) is 6.92 Å². The predicted molar refractivity (Wildman–Crippen MR) is 48.5 cm³/mol. The Morgan fingerprint density at radius 2 is 1.82 bits per heavy atom. The Hall–Kier alpha value is -0.233. The fourth-order valence-electron chi connectivity index (χ4n) is 0.642. The van der Waals surface area contributed by atoms with Crippen LogP contribution in [0.2, 0.25) is 0 Å². The topological polar surface area (TPSA) is 26.3 Å². The summed E-state index contributed by atoms with van der Waals surface area (Å²) in [5, 5.41) is 0. The van der Waals surface area contributed by atoms with Crippen LogP contribution in [-0.4, -0.2) is 23.1 Å². The number of aryl methyl sites for hydroxylation is 1. The quantitative estimate of drug-likeness (QED) is 0.511. The van der Waals surface area contributed by atoms with E-state index in [-0.39, 0.29) is 30.8 Å². The van der Waals surface area contributed by atoms with Crippen molar-refractivity contribution < 1.29 is 8.39 Å². The summed E-state index contributed by atoms with van der Waals surface area (Å²) >= 11 is -0.304. The molecule has 2 nitrogen and oxygen atoms in total. The minimum atomic E-state index is -0.304. The Balaban J connectivity index is 0.000001000. The van der Waals surface area contributed by atoms with Crippen LogP contribution in [0.1, 0.15) is 5.56 Å². The third kappa shape index (κ3) is 3.62. The van der Waals surface area contributed by atoms with Crippen LogP contribution in [0.5, 0.6) is 5.75 Å². The minimum absolute atomic E-state index is 0. The summed E-state index contributed by atoms with van der Waals surface area (Å²) in [6, 6.07) is 7.36. The van der Waals surface area contributed by atoms with Gasteiger partial charge in [-0.2, -0.15) is 0 Å². The average Bonchev–Trinajstić information content (AvgIpc) is 1.95. The molecule has 1 rings (SSSR count). The first kappa shape index (κ1) is 10.8. The maximum atomic E-state index is 9.93. The summed E-state index contributed by atoms with van der Waals surface area (Å²) in [7, 11) is 0. The van der Waals surface area contributed by atoms with Gasteiger partial charge in [0.15, 0.2) is 11.9 Å². The summed E-state index contributed by atoms with van der Waals surface area (Å²) in [5.41, 5.74) is 1.16. The summed E-state index contributed by atoms with van der Waals surface area (Å²) < 4.78 is 14.6. The number of benzene rings is 1. The average molecular weight is 164 g/mol. The second-order valence-corrected chi connectivity index (χ2v) is 2.31. The van der Waals surface area contributed by atoms with Gasteiger partial charge in [0.2, 0.25) is 0 Å². The van der Waals surface area contributed by atoms with E-state index in [4.69, 9.17) is 0 Å². The fraction of sp³-hybridized carbons (Fsp3) is 0.143. The second kappa shape index (κ2) is 5.42. The van der Waals surface area contributed by atoms with E-state index in [1.54, 1.807) is 12.1 Å². The molecule has 0 saturated heterocycles. The van der Waals surface area contributed by atoms with Crippen LogP contribution in [-0.2, 0) is 11.9 Å². The van der Waals surface area contributed by atoms with Crippen molar-refractivity contribution in [1.82, 2.24) is 0 Å². The number of rotatable bonds is 2. The van der Waals surface area contributed by atoms with Gasteiger partial charge in [0.05, 0.1) is 0 Å². The molecule has 0 aliphatic heterocycles. The molecule has 1 aromatic rings. The van der Waals surface area contributed by atoms with Crippen LogP contribution in [0.3, 0.4) is 0 Å². The van der Waals surface area contributed by atoms with Gasteiger partial charge in [-0.05, 0) is 19.1 Å².